The van der Waals surface area contributed by atoms with Gasteiger partial charge in [-0.15, -0.1) is 0 Å². The van der Waals surface area contributed by atoms with Gasteiger partial charge in [0.25, 0.3) is 0 Å². The molecule has 8 heteroatoms. The third-order valence-corrected chi connectivity index (χ3v) is 6.29. The highest BCUT2D eigenvalue weighted by Gasteiger charge is 2.47. The van der Waals surface area contributed by atoms with Crippen molar-refractivity contribution in [1.29, 1.82) is 5.26 Å². The summed E-state index contributed by atoms with van der Waals surface area (Å²) < 4.78 is 1.71. The second-order valence-electron chi connectivity index (χ2n) is 7.90. The van der Waals surface area contributed by atoms with E-state index in [0.717, 1.165) is 31.5 Å². The van der Waals surface area contributed by atoms with E-state index in [1.54, 1.807) is 10.9 Å². The predicted octanol–water partition coefficient (Wildman–Crippen LogP) is 0.754. The number of carbonyl (C=O) groups excluding carboxylic acids is 2. The molecule has 0 aromatic carbocycles. The molecule has 1 aliphatic carbocycles. The molecule has 4 rings (SSSR count). The van der Waals surface area contributed by atoms with Crippen molar-refractivity contribution in [2.45, 2.75) is 38.1 Å². The molecular weight excluding hydrogens is 344 g/mol. The van der Waals surface area contributed by atoms with Gasteiger partial charge in [0.2, 0.25) is 11.8 Å². The molecule has 144 valence electrons. The molecule has 1 atom stereocenters. The lowest BCUT2D eigenvalue weighted by atomic mass is 9.69. The van der Waals surface area contributed by atoms with E-state index in [2.05, 4.69) is 16.1 Å². The molecule has 1 aromatic rings. The molecule has 0 spiro atoms. The maximum Gasteiger partial charge on any atom is 0.244 e. The lowest BCUT2D eigenvalue weighted by Crippen LogP contribution is -2.60. The van der Waals surface area contributed by atoms with Gasteiger partial charge in [-0.2, -0.15) is 10.4 Å². The van der Waals surface area contributed by atoms with Crippen LogP contribution in [-0.2, 0) is 16.6 Å². The molecule has 2 amide bonds. The average Bonchev–Trinajstić information content (AvgIpc) is 3.08. The first kappa shape index (κ1) is 18.0. The van der Waals surface area contributed by atoms with E-state index in [-0.39, 0.29) is 17.9 Å². The Kier molecular flexibility index (Phi) is 4.64. The Morgan fingerprint density at radius 3 is 2.52 bits per heavy atom. The van der Waals surface area contributed by atoms with Crippen molar-refractivity contribution in [3.63, 3.8) is 0 Å². The minimum atomic E-state index is -0.778. The van der Waals surface area contributed by atoms with E-state index in [9.17, 15) is 14.9 Å². The number of anilines is 1. The average molecular weight is 370 g/mol. The Morgan fingerprint density at radius 1 is 1.22 bits per heavy atom. The normalized spacial score (nSPS) is 25.8. The molecule has 8 nitrogen and oxygen atoms in total. The number of carbonyl (C=O) groups is 2. The molecule has 0 N–H and O–H groups in total. The second-order valence-corrected chi connectivity index (χ2v) is 7.90. The van der Waals surface area contributed by atoms with Crippen LogP contribution in [-0.4, -0.2) is 70.2 Å². The fourth-order valence-corrected chi connectivity index (χ4v) is 4.44. The largest absolute Gasteiger partial charge is 0.339 e. The van der Waals surface area contributed by atoms with Gasteiger partial charge in [-0.05, 0) is 32.1 Å². The standard InChI is InChI=1S/C19H26N6O2/c1-22-13-15(12-21-22)25-7-2-4-16(17(25)26)23-8-10-24(11-9-23)18(27)19(14-20)5-3-6-19/h12-13,16H,2-11H2,1H3/t16-/m0/s1. The van der Waals surface area contributed by atoms with Gasteiger partial charge >= 0.3 is 0 Å². The number of hydrogen-bond donors (Lipinski definition) is 0. The van der Waals surface area contributed by atoms with Crippen LogP contribution in [0.5, 0.6) is 0 Å². The zero-order valence-electron chi connectivity index (χ0n) is 15.8. The molecule has 3 heterocycles. The molecule has 2 aliphatic heterocycles. The smallest absolute Gasteiger partial charge is 0.244 e. The SMILES string of the molecule is Cn1cc(N2CCC[C@H](N3CCN(C(=O)C4(C#N)CCC4)CC3)C2=O)cn1. The molecule has 0 unspecified atom stereocenters. The van der Waals surface area contributed by atoms with Gasteiger partial charge in [-0.1, -0.05) is 0 Å². The minimum absolute atomic E-state index is 0.0112. The topological polar surface area (TPSA) is 85.5 Å². The Hall–Kier alpha value is -2.40. The van der Waals surface area contributed by atoms with Crippen molar-refractivity contribution >= 4 is 17.5 Å². The van der Waals surface area contributed by atoms with E-state index >= 15 is 0 Å². The van der Waals surface area contributed by atoms with E-state index in [4.69, 9.17) is 0 Å². The van der Waals surface area contributed by atoms with Crippen LogP contribution in [0.3, 0.4) is 0 Å². The van der Waals surface area contributed by atoms with Gasteiger partial charge in [0, 0.05) is 46.0 Å². The number of nitriles is 1. The number of nitrogens with zero attached hydrogens (tertiary/aromatic N) is 6. The fraction of sp³-hybridized carbons (Fsp3) is 0.684. The molecule has 3 fully saturated rings. The fourth-order valence-electron chi connectivity index (χ4n) is 4.44. The van der Waals surface area contributed by atoms with Crippen LogP contribution in [0.25, 0.3) is 0 Å². The summed E-state index contributed by atoms with van der Waals surface area (Å²) >= 11 is 0. The highest BCUT2D eigenvalue weighted by molar-refractivity contribution is 5.97. The van der Waals surface area contributed by atoms with Crippen LogP contribution in [0.4, 0.5) is 5.69 Å². The predicted molar refractivity (Wildman–Crippen MR) is 98.6 cm³/mol. The molecule has 3 aliphatic rings. The second kappa shape index (κ2) is 6.97. The van der Waals surface area contributed by atoms with Crippen molar-refractivity contribution in [2.24, 2.45) is 12.5 Å². The van der Waals surface area contributed by atoms with E-state index in [1.807, 2.05) is 23.0 Å². The van der Waals surface area contributed by atoms with Crippen molar-refractivity contribution in [3.8, 4) is 6.07 Å². The first-order valence-electron chi connectivity index (χ1n) is 9.79. The number of amides is 2. The lowest BCUT2D eigenvalue weighted by Gasteiger charge is -2.44. The minimum Gasteiger partial charge on any atom is -0.339 e. The van der Waals surface area contributed by atoms with Crippen LogP contribution in [0, 0.1) is 16.7 Å². The van der Waals surface area contributed by atoms with Crippen LogP contribution >= 0.6 is 0 Å². The molecule has 0 radical (unpaired) electrons. The number of hydrogen-bond acceptors (Lipinski definition) is 5. The summed E-state index contributed by atoms with van der Waals surface area (Å²) in [5, 5.41) is 13.6. The quantitative estimate of drug-likeness (QED) is 0.784. The number of aromatic nitrogens is 2. The molecule has 27 heavy (non-hydrogen) atoms. The van der Waals surface area contributed by atoms with Crippen LogP contribution in [0.1, 0.15) is 32.1 Å². The summed E-state index contributed by atoms with van der Waals surface area (Å²) in [7, 11) is 1.85. The first-order valence-corrected chi connectivity index (χ1v) is 9.79. The van der Waals surface area contributed by atoms with Gasteiger partial charge in [-0.25, -0.2) is 0 Å². The van der Waals surface area contributed by atoms with Gasteiger partial charge < -0.3 is 9.80 Å². The Labute approximate surface area is 159 Å². The molecule has 0 bridgehead atoms. The molecule has 1 aromatic heterocycles. The van der Waals surface area contributed by atoms with Crippen molar-refractivity contribution < 1.29 is 9.59 Å². The first-order chi connectivity index (χ1) is 13.0. The highest BCUT2D eigenvalue weighted by Crippen LogP contribution is 2.42. The Morgan fingerprint density at radius 2 is 1.96 bits per heavy atom. The maximum atomic E-state index is 13.0. The number of aryl methyl sites for hydroxylation is 1. The molecule has 1 saturated carbocycles. The number of piperazine rings is 1. The third kappa shape index (κ3) is 3.10. The number of piperidine rings is 1. The van der Waals surface area contributed by atoms with Crippen LogP contribution in [0.2, 0.25) is 0 Å². The van der Waals surface area contributed by atoms with Crippen molar-refractivity contribution in [2.75, 3.05) is 37.6 Å². The molecule has 2 saturated heterocycles. The van der Waals surface area contributed by atoms with Crippen LogP contribution in [0.15, 0.2) is 12.4 Å². The summed E-state index contributed by atoms with van der Waals surface area (Å²) in [5.41, 5.74) is 0.0712. The Balaban J connectivity index is 1.38. The highest BCUT2D eigenvalue weighted by atomic mass is 16.2. The van der Waals surface area contributed by atoms with Gasteiger partial charge in [0.1, 0.15) is 5.41 Å². The maximum absolute atomic E-state index is 13.0. The van der Waals surface area contributed by atoms with E-state index < -0.39 is 5.41 Å². The summed E-state index contributed by atoms with van der Waals surface area (Å²) in [6, 6.07) is 2.11. The zero-order valence-corrected chi connectivity index (χ0v) is 15.8. The summed E-state index contributed by atoms with van der Waals surface area (Å²) in [4.78, 5) is 31.6. The van der Waals surface area contributed by atoms with Crippen molar-refractivity contribution in [1.82, 2.24) is 19.6 Å². The van der Waals surface area contributed by atoms with Gasteiger partial charge in [0.05, 0.1) is 24.0 Å². The van der Waals surface area contributed by atoms with E-state index in [0.29, 0.717) is 39.0 Å². The lowest BCUT2D eigenvalue weighted by molar-refractivity contribution is -0.145. The molecular formula is C19H26N6O2. The summed E-state index contributed by atoms with van der Waals surface area (Å²) in [6.45, 7) is 3.29. The van der Waals surface area contributed by atoms with Gasteiger partial charge in [-0.3, -0.25) is 19.2 Å². The Bertz CT molecular complexity index is 769. The number of rotatable bonds is 3. The summed E-state index contributed by atoms with van der Waals surface area (Å²) in [5.74, 6) is 0.115. The zero-order chi connectivity index (χ0) is 19.0. The summed E-state index contributed by atoms with van der Waals surface area (Å²) in [6.07, 6.45) is 7.74. The van der Waals surface area contributed by atoms with E-state index in [1.165, 1.54) is 0 Å². The third-order valence-electron chi connectivity index (χ3n) is 6.29. The monoisotopic (exact) mass is 370 g/mol. The van der Waals surface area contributed by atoms with Crippen LogP contribution < -0.4 is 4.90 Å². The van der Waals surface area contributed by atoms with Crippen molar-refractivity contribution in [3.05, 3.63) is 12.4 Å². The van der Waals surface area contributed by atoms with Gasteiger partial charge in [0.15, 0.2) is 0 Å².